The summed E-state index contributed by atoms with van der Waals surface area (Å²) in [7, 11) is 0. The van der Waals surface area contributed by atoms with E-state index in [9.17, 15) is 36.2 Å². The van der Waals surface area contributed by atoms with Gasteiger partial charge in [0.1, 0.15) is 0 Å². The van der Waals surface area contributed by atoms with Crippen molar-refractivity contribution in [2.24, 2.45) is 0 Å². The Labute approximate surface area is 224 Å². The Morgan fingerprint density at radius 1 is 0.821 bits per heavy atom. The molecule has 0 unspecified atom stereocenters. The Bertz CT molecular complexity index is 1300. The van der Waals surface area contributed by atoms with E-state index in [1.165, 1.54) is 13.0 Å². The molecule has 0 aromatic heterocycles. The van der Waals surface area contributed by atoms with Crippen LogP contribution in [0.15, 0.2) is 36.4 Å². The summed E-state index contributed by atoms with van der Waals surface area (Å²) in [5.41, 5.74) is -1.79. The van der Waals surface area contributed by atoms with Crippen LogP contribution in [0.1, 0.15) is 79.3 Å². The second-order valence-electron chi connectivity index (χ2n) is 9.35. The van der Waals surface area contributed by atoms with E-state index < -0.39 is 29.3 Å². The molecule has 0 aliphatic rings. The van der Waals surface area contributed by atoms with Crippen LogP contribution in [0, 0.1) is 37.5 Å². The molecule has 0 saturated heterocycles. The molecule has 2 rings (SSSR count). The number of aliphatic carboxylic acids is 1. The van der Waals surface area contributed by atoms with E-state index >= 15 is 0 Å². The fourth-order valence-corrected chi connectivity index (χ4v) is 4.38. The number of hydrogen-bond donors (Lipinski definition) is 2. The molecule has 0 radical (unpaired) electrons. The molecular weight excluding hydrogens is 522 g/mol. The number of benzene rings is 2. The topological polar surface area (TPSA) is 57.5 Å². The SMILES string of the molecule is CCC(CC)(c1ccc(C#CCCCC(=O)O)c(C)c1)c1ccc(C#CC(O)(C(F)(F)F)C(F)(F)F)c(C)c1. The van der Waals surface area contributed by atoms with Crippen molar-refractivity contribution in [3.63, 3.8) is 0 Å². The molecule has 0 atom stereocenters. The smallest absolute Gasteiger partial charge is 0.438 e. The van der Waals surface area contributed by atoms with Gasteiger partial charge in [-0.25, -0.2) is 0 Å². The molecule has 0 heterocycles. The zero-order valence-corrected chi connectivity index (χ0v) is 22.1. The minimum absolute atomic E-state index is 0.0530. The van der Waals surface area contributed by atoms with Crippen LogP contribution in [0.25, 0.3) is 0 Å². The number of rotatable bonds is 7. The maximum Gasteiger partial charge on any atom is 0.438 e. The average molecular weight is 553 g/mol. The lowest BCUT2D eigenvalue weighted by molar-refractivity contribution is -0.343. The van der Waals surface area contributed by atoms with Gasteiger partial charge in [-0.15, -0.1) is 0 Å². The average Bonchev–Trinajstić information content (AvgIpc) is 2.83. The van der Waals surface area contributed by atoms with Gasteiger partial charge in [0.15, 0.2) is 0 Å². The van der Waals surface area contributed by atoms with Crippen molar-refractivity contribution in [3.8, 4) is 23.7 Å². The van der Waals surface area contributed by atoms with E-state index in [2.05, 4.69) is 11.8 Å². The first kappa shape index (κ1) is 31.8. The molecule has 0 aliphatic carbocycles. The molecule has 2 aromatic rings. The molecule has 0 fully saturated rings. The summed E-state index contributed by atoms with van der Waals surface area (Å²) in [6.45, 7) is 7.43. The van der Waals surface area contributed by atoms with Crippen molar-refractivity contribution in [1.82, 2.24) is 0 Å². The fraction of sp³-hybridized carbons (Fsp3) is 0.433. The number of alkyl halides is 6. The van der Waals surface area contributed by atoms with Crippen molar-refractivity contribution in [1.29, 1.82) is 0 Å². The monoisotopic (exact) mass is 552 g/mol. The first-order valence-corrected chi connectivity index (χ1v) is 12.3. The lowest BCUT2D eigenvalue weighted by Crippen LogP contribution is -2.55. The largest absolute Gasteiger partial charge is 0.481 e. The van der Waals surface area contributed by atoms with Gasteiger partial charge in [0, 0.05) is 29.4 Å². The summed E-state index contributed by atoms with van der Waals surface area (Å²) in [6, 6.07) is 10.5. The molecule has 2 aromatic carbocycles. The quantitative estimate of drug-likeness (QED) is 0.217. The summed E-state index contributed by atoms with van der Waals surface area (Å²) < 4.78 is 78.0. The van der Waals surface area contributed by atoms with Gasteiger partial charge in [-0.1, -0.05) is 55.9 Å². The molecule has 3 nitrogen and oxygen atoms in total. The number of aryl methyl sites for hydroxylation is 2. The van der Waals surface area contributed by atoms with Crippen molar-refractivity contribution < 1.29 is 41.4 Å². The van der Waals surface area contributed by atoms with Crippen molar-refractivity contribution >= 4 is 5.97 Å². The number of carboxylic acid groups (broad SMARTS) is 1. The Hall–Kier alpha value is -3.43. The van der Waals surface area contributed by atoms with Gasteiger partial charge in [0.05, 0.1) is 0 Å². The number of hydrogen-bond acceptors (Lipinski definition) is 2. The van der Waals surface area contributed by atoms with Crippen LogP contribution >= 0.6 is 0 Å². The third-order valence-electron chi connectivity index (χ3n) is 6.88. The van der Waals surface area contributed by atoms with Crippen LogP contribution < -0.4 is 0 Å². The van der Waals surface area contributed by atoms with Gasteiger partial charge in [0.25, 0.3) is 0 Å². The summed E-state index contributed by atoms with van der Waals surface area (Å²) in [6.07, 6.45) is -9.74. The minimum atomic E-state index is -6.02. The number of carboxylic acids is 1. The lowest BCUT2D eigenvalue weighted by Gasteiger charge is -2.34. The van der Waals surface area contributed by atoms with Gasteiger partial charge in [-0.2, -0.15) is 26.3 Å². The van der Waals surface area contributed by atoms with Crippen LogP contribution in [0.4, 0.5) is 26.3 Å². The lowest BCUT2D eigenvalue weighted by atomic mass is 9.69. The molecule has 39 heavy (non-hydrogen) atoms. The van der Waals surface area contributed by atoms with Crippen molar-refractivity contribution in [3.05, 3.63) is 69.8 Å². The van der Waals surface area contributed by atoms with Crippen LogP contribution in [0.5, 0.6) is 0 Å². The van der Waals surface area contributed by atoms with Gasteiger partial charge in [0.2, 0.25) is 0 Å². The van der Waals surface area contributed by atoms with Crippen LogP contribution in [-0.4, -0.2) is 34.1 Å². The highest BCUT2D eigenvalue weighted by atomic mass is 19.4. The highest BCUT2D eigenvalue weighted by Gasteiger charge is 2.70. The maximum atomic E-state index is 13.0. The van der Waals surface area contributed by atoms with Crippen LogP contribution in [0.3, 0.4) is 0 Å². The summed E-state index contributed by atoms with van der Waals surface area (Å²) in [5.74, 6) is 8.08. The van der Waals surface area contributed by atoms with E-state index in [0.717, 1.165) is 28.2 Å². The Balaban J connectivity index is 2.46. The van der Waals surface area contributed by atoms with Gasteiger partial charge < -0.3 is 10.2 Å². The number of aliphatic hydroxyl groups is 1. The van der Waals surface area contributed by atoms with E-state index in [1.54, 1.807) is 12.1 Å². The normalized spacial score (nSPS) is 12.3. The molecular formula is C30H30F6O3. The molecule has 0 amide bonds. The summed E-state index contributed by atoms with van der Waals surface area (Å²) in [5, 5.41) is 18.1. The third-order valence-corrected chi connectivity index (χ3v) is 6.88. The van der Waals surface area contributed by atoms with Crippen LogP contribution in [-0.2, 0) is 10.2 Å². The third kappa shape index (κ3) is 6.96. The second kappa shape index (κ2) is 12.2. The standard InChI is InChI=1S/C30H30F6O3/c1-5-27(6-2,24-14-12-22(20(3)18-24)10-8-7-9-11-26(37)38)25-15-13-23(21(4)19-25)16-17-28(39,29(31,32)33)30(34,35)36/h12-15,18-19,39H,5-7,9,11H2,1-4H3,(H,37,38). The highest BCUT2D eigenvalue weighted by molar-refractivity contribution is 5.66. The summed E-state index contributed by atoms with van der Waals surface area (Å²) in [4.78, 5) is 10.6. The highest BCUT2D eigenvalue weighted by Crippen LogP contribution is 2.43. The van der Waals surface area contributed by atoms with E-state index in [-0.39, 0.29) is 12.0 Å². The molecule has 210 valence electrons. The minimum Gasteiger partial charge on any atom is -0.481 e. The van der Waals surface area contributed by atoms with E-state index in [4.69, 9.17) is 5.11 Å². The Kier molecular flexibility index (Phi) is 9.92. The number of carbonyl (C=O) groups is 1. The summed E-state index contributed by atoms with van der Waals surface area (Å²) >= 11 is 0. The fourth-order valence-electron chi connectivity index (χ4n) is 4.38. The zero-order valence-electron chi connectivity index (χ0n) is 22.1. The Morgan fingerprint density at radius 2 is 1.28 bits per heavy atom. The van der Waals surface area contributed by atoms with Crippen LogP contribution in [0.2, 0.25) is 0 Å². The maximum absolute atomic E-state index is 13.0. The predicted molar refractivity (Wildman–Crippen MR) is 136 cm³/mol. The predicted octanol–water partition coefficient (Wildman–Crippen LogP) is 7.22. The van der Waals surface area contributed by atoms with E-state index in [1.807, 2.05) is 44.9 Å². The van der Waals surface area contributed by atoms with Crippen molar-refractivity contribution in [2.75, 3.05) is 0 Å². The molecule has 2 N–H and O–H groups in total. The molecule has 9 heteroatoms. The van der Waals surface area contributed by atoms with E-state index in [0.29, 0.717) is 31.2 Å². The van der Waals surface area contributed by atoms with Crippen molar-refractivity contribution in [2.45, 2.75) is 83.2 Å². The molecule has 0 aliphatic heterocycles. The van der Waals surface area contributed by atoms with Gasteiger partial charge in [-0.3, -0.25) is 4.79 Å². The first-order chi connectivity index (χ1) is 18.0. The zero-order chi connectivity index (χ0) is 29.6. The second-order valence-corrected chi connectivity index (χ2v) is 9.35. The molecule has 0 spiro atoms. The number of unbranched alkanes of at least 4 members (excludes halogenated alkanes) is 1. The van der Waals surface area contributed by atoms with Gasteiger partial charge >= 0.3 is 23.9 Å². The van der Waals surface area contributed by atoms with Gasteiger partial charge in [-0.05, 0) is 73.4 Å². The Morgan fingerprint density at radius 3 is 1.67 bits per heavy atom. The number of halogens is 6. The first-order valence-electron chi connectivity index (χ1n) is 12.3. The molecule has 0 saturated carbocycles. The molecule has 0 bridgehead atoms.